The minimum atomic E-state index is -0.502. The molecule has 1 rings (SSSR count). The Kier molecular flexibility index (Phi) is 6.63. The first kappa shape index (κ1) is 13.8. The topological polar surface area (TPSA) is 34.1 Å². The first-order valence-corrected chi connectivity index (χ1v) is 5.21. The minimum Gasteiger partial charge on any atom is -0.291 e. The lowest BCUT2D eigenvalue weighted by Crippen LogP contribution is -2.09. The van der Waals surface area contributed by atoms with Crippen LogP contribution in [0.1, 0.15) is 37.6 Å². The van der Waals surface area contributed by atoms with Gasteiger partial charge < -0.3 is 0 Å². The molecule has 0 radical (unpaired) electrons. The van der Waals surface area contributed by atoms with Gasteiger partial charge in [-0.1, -0.05) is 44.0 Å². The highest BCUT2D eigenvalue weighted by atomic mass is 35.5. The van der Waals surface area contributed by atoms with Crippen LogP contribution in [0.15, 0.2) is 24.3 Å². The third kappa shape index (κ3) is 5.33. The van der Waals surface area contributed by atoms with Crippen molar-refractivity contribution in [3.8, 4) is 0 Å². The molecular weight excluding hydrogens is 212 g/mol. The van der Waals surface area contributed by atoms with Crippen LogP contribution in [0.3, 0.4) is 0 Å². The lowest BCUT2D eigenvalue weighted by atomic mass is 10.1. The summed E-state index contributed by atoms with van der Waals surface area (Å²) >= 11 is 5.63. The fourth-order valence-corrected chi connectivity index (χ4v) is 1.02. The summed E-state index contributed by atoms with van der Waals surface area (Å²) in [6, 6.07) is 6.33. The van der Waals surface area contributed by atoms with E-state index in [1.807, 2.05) is 0 Å². The number of carbonyl (C=O) groups excluding carboxylic acids is 2. The maximum Gasteiger partial charge on any atom is 0.228 e. The highest BCUT2D eigenvalue weighted by Gasteiger charge is 2.10. The van der Waals surface area contributed by atoms with E-state index in [0.29, 0.717) is 10.6 Å². The highest BCUT2D eigenvalue weighted by molar-refractivity contribution is 6.43. The van der Waals surface area contributed by atoms with Crippen LogP contribution in [0, 0.1) is 0 Å². The molecule has 0 aliphatic heterocycles. The van der Waals surface area contributed by atoms with Gasteiger partial charge in [-0.2, -0.15) is 0 Å². The molecule has 1 aromatic rings. The Balaban J connectivity index is 0.000000583. The number of carbonyl (C=O) groups is 2. The third-order valence-corrected chi connectivity index (χ3v) is 1.64. The van der Waals surface area contributed by atoms with Crippen LogP contribution in [-0.2, 0) is 4.79 Å². The van der Waals surface area contributed by atoms with Crippen LogP contribution in [0.25, 0.3) is 0 Å². The Hall–Kier alpha value is -1.15. The summed E-state index contributed by atoms with van der Waals surface area (Å²) in [5.41, 5.74) is 0.343. The summed E-state index contributed by atoms with van der Waals surface area (Å²) in [5, 5.41) is 0.460. The zero-order valence-corrected chi connectivity index (χ0v) is 9.97. The van der Waals surface area contributed by atoms with E-state index < -0.39 is 11.6 Å². The van der Waals surface area contributed by atoms with Crippen molar-refractivity contribution in [1.82, 2.24) is 0 Å². The van der Waals surface area contributed by atoms with Gasteiger partial charge >= 0.3 is 0 Å². The van der Waals surface area contributed by atoms with Gasteiger partial charge in [0.1, 0.15) is 0 Å². The Morgan fingerprint density at radius 3 is 2.20 bits per heavy atom. The summed E-state index contributed by atoms with van der Waals surface area (Å²) in [6.45, 7) is 5.49. The molecular formula is C12H15ClO2. The van der Waals surface area contributed by atoms with E-state index in [1.54, 1.807) is 18.2 Å². The van der Waals surface area contributed by atoms with Crippen molar-refractivity contribution in [2.45, 2.75) is 27.2 Å². The number of rotatable bonds is 2. The van der Waals surface area contributed by atoms with Crippen LogP contribution in [0.4, 0.5) is 0 Å². The smallest absolute Gasteiger partial charge is 0.228 e. The number of halogens is 1. The summed E-state index contributed by atoms with van der Waals surface area (Å²) in [5.74, 6) is -0.977. The van der Waals surface area contributed by atoms with Gasteiger partial charge in [0.05, 0.1) is 0 Å². The number of benzene rings is 1. The van der Waals surface area contributed by atoms with Gasteiger partial charge in [-0.3, -0.25) is 9.59 Å². The lowest BCUT2D eigenvalue weighted by Gasteiger charge is -1.95. The van der Waals surface area contributed by atoms with Crippen LogP contribution < -0.4 is 0 Å². The van der Waals surface area contributed by atoms with Gasteiger partial charge in [-0.25, -0.2) is 0 Å². The number of Topliss-reactive ketones (excluding diaryl/α,β-unsaturated/α-hetero) is 2. The molecule has 82 valence electrons. The van der Waals surface area contributed by atoms with Crippen LogP contribution in [0.5, 0.6) is 0 Å². The average Bonchev–Trinajstić information content (AvgIpc) is 2.17. The molecule has 0 atom stereocenters. The fourth-order valence-electron chi connectivity index (χ4n) is 0.833. The summed E-state index contributed by atoms with van der Waals surface area (Å²) < 4.78 is 0. The Morgan fingerprint density at radius 2 is 1.80 bits per heavy atom. The molecule has 0 N–H and O–H groups in total. The van der Waals surface area contributed by atoms with Crippen LogP contribution in [-0.4, -0.2) is 11.6 Å². The van der Waals surface area contributed by atoms with E-state index in [2.05, 4.69) is 13.8 Å². The predicted octanol–water partition coefficient (Wildman–Crippen LogP) is 3.53. The first-order valence-electron chi connectivity index (χ1n) is 4.83. The summed E-state index contributed by atoms with van der Waals surface area (Å²) in [4.78, 5) is 21.8. The predicted molar refractivity (Wildman–Crippen MR) is 62.4 cm³/mol. The van der Waals surface area contributed by atoms with E-state index in [9.17, 15) is 9.59 Å². The van der Waals surface area contributed by atoms with Crippen molar-refractivity contribution in [3.05, 3.63) is 34.9 Å². The van der Waals surface area contributed by atoms with Gasteiger partial charge in [-0.15, -0.1) is 0 Å². The molecule has 0 saturated heterocycles. The Labute approximate surface area is 95.3 Å². The average molecular weight is 227 g/mol. The molecule has 0 aliphatic carbocycles. The molecule has 0 spiro atoms. The SMILES string of the molecule is CC(=O)C(=O)c1cccc(Cl)c1.CCC. The second-order valence-corrected chi connectivity index (χ2v) is 3.54. The van der Waals surface area contributed by atoms with Crippen molar-refractivity contribution in [2.75, 3.05) is 0 Å². The molecule has 0 aromatic heterocycles. The molecule has 0 amide bonds. The second-order valence-electron chi connectivity index (χ2n) is 3.10. The normalized spacial score (nSPS) is 8.80. The van der Waals surface area contributed by atoms with Crippen molar-refractivity contribution >= 4 is 23.2 Å². The summed E-state index contributed by atoms with van der Waals surface area (Å²) in [6.07, 6.45) is 1.25. The van der Waals surface area contributed by atoms with Gasteiger partial charge in [0.25, 0.3) is 0 Å². The van der Waals surface area contributed by atoms with Crippen molar-refractivity contribution in [3.63, 3.8) is 0 Å². The first-order chi connectivity index (χ1) is 7.02. The van der Waals surface area contributed by atoms with Crippen LogP contribution in [0.2, 0.25) is 5.02 Å². The molecule has 2 nitrogen and oxygen atoms in total. The van der Waals surface area contributed by atoms with Crippen LogP contribution >= 0.6 is 11.6 Å². The molecule has 0 unspecified atom stereocenters. The monoisotopic (exact) mass is 226 g/mol. The molecule has 0 bridgehead atoms. The van der Waals surface area contributed by atoms with Crippen molar-refractivity contribution in [1.29, 1.82) is 0 Å². The molecule has 1 aromatic carbocycles. The van der Waals surface area contributed by atoms with Gasteiger partial charge in [0.15, 0.2) is 5.78 Å². The van der Waals surface area contributed by atoms with Gasteiger partial charge in [-0.05, 0) is 12.1 Å². The van der Waals surface area contributed by atoms with Gasteiger partial charge in [0.2, 0.25) is 5.78 Å². The quantitative estimate of drug-likeness (QED) is 0.571. The minimum absolute atomic E-state index is 0.343. The van der Waals surface area contributed by atoms with Gasteiger partial charge in [0, 0.05) is 17.5 Å². The van der Waals surface area contributed by atoms with E-state index in [4.69, 9.17) is 11.6 Å². The Morgan fingerprint density at radius 1 is 1.27 bits per heavy atom. The second kappa shape index (κ2) is 7.18. The standard InChI is InChI=1S/C9H7ClO2.C3H8/c1-6(11)9(12)7-3-2-4-8(10)5-7;1-3-2/h2-5H,1H3;3H2,1-2H3. The number of ketones is 2. The van der Waals surface area contributed by atoms with E-state index in [-0.39, 0.29) is 0 Å². The number of hydrogen-bond acceptors (Lipinski definition) is 2. The van der Waals surface area contributed by atoms with E-state index in [1.165, 1.54) is 19.4 Å². The maximum atomic E-state index is 11.1. The van der Waals surface area contributed by atoms with Crippen molar-refractivity contribution in [2.24, 2.45) is 0 Å². The molecule has 15 heavy (non-hydrogen) atoms. The summed E-state index contributed by atoms with van der Waals surface area (Å²) in [7, 11) is 0. The van der Waals surface area contributed by atoms with E-state index in [0.717, 1.165) is 0 Å². The number of hydrogen-bond donors (Lipinski definition) is 0. The highest BCUT2D eigenvalue weighted by Crippen LogP contribution is 2.11. The van der Waals surface area contributed by atoms with Crippen molar-refractivity contribution < 1.29 is 9.59 Å². The zero-order chi connectivity index (χ0) is 11.8. The zero-order valence-electron chi connectivity index (χ0n) is 9.21. The third-order valence-electron chi connectivity index (χ3n) is 1.41. The molecule has 0 fully saturated rings. The fraction of sp³-hybridized carbons (Fsp3) is 0.333. The maximum absolute atomic E-state index is 11.1. The molecule has 3 heteroatoms. The lowest BCUT2D eigenvalue weighted by molar-refractivity contribution is -0.113. The largest absolute Gasteiger partial charge is 0.291 e. The van der Waals surface area contributed by atoms with E-state index >= 15 is 0 Å². The molecule has 0 aliphatic rings. The molecule has 0 heterocycles. The molecule has 0 saturated carbocycles. The Bertz CT molecular complexity index is 345.